The lowest BCUT2D eigenvalue weighted by Gasteiger charge is -2.29. The van der Waals surface area contributed by atoms with Crippen LogP contribution in [0.3, 0.4) is 0 Å². The molecule has 2 rings (SSSR count). The van der Waals surface area contributed by atoms with Gasteiger partial charge >= 0.3 is 0 Å². The Morgan fingerprint density at radius 1 is 1.17 bits per heavy atom. The second kappa shape index (κ2) is 5.44. The van der Waals surface area contributed by atoms with Crippen LogP contribution in [0.4, 0.5) is 0 Å². The molecule has 100 valence electrons. The van der Waals surface area contributed by atoms with Crippen LogP contribution in [0.2, 0.25) is 0 Å². The number of likely N-dealkylation sites (tertiary alicyclic amines) is 1. The fourth-order valence-electron chi connectivity index (χ4n) is 2.76. The number of piperidine rings is 1. The summed E-state index contributed by atoms with van der Waals surface area (Å²) in [6.45, 7) is 9.41. The Morgan fingerprint density at radius 3 is 2.44 bits per heavy atom. The Bertz CT molecular complexity index is 381. The van der Waals surface area contributed by atoms with Gasteiger partial charge in [0.2, 0.25) is 0 Å². The summed E-state index contributed by atoms with van der Waals surface area (Å²) in [5.41, 5.74) is 3.26. The molecule has 1 aromatic carbocycles. The SMILES string of the molecule is CN1CCC(Cc2cccc(C(C)(C)C)c2)CC1. The normalized spacial score (nSPS) is 19.1. The summed E-state index contributed by atoms with van der Waals surface area (Å²) in [7, 11) is 2.23. The van der Waals surface area contributed by atoms with E-state index in [2.05, 4.69) is 57.0 Å². The molecule has 0 radical (unpaired) electrons. The van der Waals surface area contributed by atoms with Gasteiger partial charge in [0, 0.05) is 0 Å². The van der Waals surface area contributed by atoms with Crippen LogP contribution in [0, 0.1) is 5.92 Å². The molecule has 0 aromatic heterocycles. The van der Waals surface area contributed by atoms with Crippen molar-refractivity contribution in [3.05, 3.63) is 35.4 Å². The Hall–Kier alpha value is -0.820. The molecule has 1 fully saturated rings. The molecule has 1 aromatic rings. The first-order valence-corrected chi connectivity index (χ1v) is 7.23. The van der Waals surface area contributed by atoms with Crippen molar-refractivity contribution >= 4 is 0 Å². The average molecular weight is 245 g/mol. The van der Waals surface area contributed by atoms with E-state index in [0.29, 0.717) is 0 Å². The number of hydrogen-bond donors (Lipinski definition) is 0. The van der Waals surface area contributed by atoms with Crippen LogP contribution < -0.4 is 0 Å². The molecule has 0 bridgehead atoms. The highest BCUT2D eigenvalue weighted by Crippen LogP contribution is 2.26. The standard InChI is InChI=1S/C17H27N/c1-17(2,3)16-7-5-6-15(13-16)12-14-8-10-18(4)11-9-14/h5-7,13-14H,8-12H2,1-4H3. The van der Waals surface area contributed by atoms with E-state index in [9.17, 15) is 0 Å². The molecule has 0 unspecified atom stereocenters. The largest absolute Gasteiger partial charge is 0.306 e. The summed E-state index contributed by atoms with van der Waals surface area (Å²) in [6.07, 6.45) is 3.98. The van der Waals surface area contributed by atoms with Crippen molar-refractivity contribution in [3.8, 4) is 0 Å². The summed E-state index contributed by atoms with van der Waals surface area (Å²) in [4.78, 5) is 2.45. The lowest BCUT2D eigenvalue weighted by Crippen LogP contribution is -2.31. The highest BCUT2D eigenvalue weighted by atomic mass is 15.1. The van der Waals surface area contributed by atoms with Gasteiger partial charge in [-0.25, -0.2) is 0 Å². The van der Waals surface area contributed by atoms with Gasteiger partial charge in [-0.1, -0.05) is 45.0 Å². The van der Waals surface area contributed by atoms with Gasteiger partial charge in [-0.3, -0.25) is 0 Å². The first kappa shape index (κ1) is 13.6. The summed E-state index contributed by atoms with van der Waals surface area (Å²) >= 11 is 0. The molecule has 1 heteroatoms. The summed E-state index contributed by atoms with van der Waals surface area (Å²) in [5.74, 6) is 0.886. The predicted octanol–water partition coefficient (Wildman–Crippen LogP) is 3.87. The van der Waals surface area contributed by atoms with Crippen molar-refractivity contribution in [2.75, 3.05) is 20.1 Å². The van der Waals surface area contributed by atoms with Gasteiger partial charge in [0.1, 0.15) is 0 Å². The van der Waals surface area contributed by atoms with Gasteiger partial charge in [0.05, 0.1) is 0 Å². The van der Waals surface area contributed by atoms with Crippen LogP contribution in [0.15, 0.2) is 24.3 Å². The minimum absolute atomic E-state index is 0.267. The number of nitrogens with zero attached hydrogens (tertiary/aromatic N) is 1. The molecule has 1 aliphatic rings. The lowest BCUT2D eigenvalue weighted by atomic mass is 9.84. The van der Waals surface area contributed by atoms with Crippen LogP contribution in [0.1, 0.15) is 44.7 Å². The Morgan fingerprint density at radius 2 is 1.83 bits per heavy atom. The first-order valence-electron chi connectivity index (χ1n) is 7.23. The molecule has 1 saturated heterocycles. The van der Waals surface area contributed by atoms with Crippen LogP contribution in [-0.2, 0) is 11.8 Å². The maximum absolute atomic E-state index is 2.45. The number of benzene rings is 1. The van der Waals surface area contributed by atoms with Crippen molar-refractivity contribution in [1.29, 1.82) is 0 Å². The smallest absolute Gasteiger partial charge is 0.00190 e. The molecule has 0 amide bonds. The van der Waals surface area contributed by atoms with E-state index in [1.807, 2.05) is 0 Å². The molecule has 0 atom stereocenters. The highest BCUT2D eigenvalue weighted by Gasteiger charge is 2.18. The van der Waals surface area contributed by atoms with E-state index in [0.717, 1.165) is 5.92 Å². The van der Waals surface area contributed by atoms with Gasteiger partial charge in [-0.2, -0.15) is 0 Å². The third kappa shape index (κ3) is 3.58. The quantitative estimate of drug-likeness (QED) is 0.764. The molecule has 0 N–H and O–H groups in total. The van der Waals surface area contributed by atoms with Crippen molar-refractivity contribution in [2.45, 2.75) is 45.4 Å². The second-order valence-corrected chi connectivity index (χ2v) is 6.90. The predicted molar refractivity (Wildman–Crippen MR) is 79.1 cm³/mol. The van der Waals surface area contributed by atoms with Crippen molar-refractivity contribution < 1.29 is 0 Å². The molecule has 0 saturated carbocycles. The monoisotopic (exact) mass is 245 g/mol. The van der Waals surface area contributed by atoms with Crippen LogP contribution in [-0.4, -0.2) is 25.0 Å². The maximum Gasteiger partial charge on any atom is -0.00190 e. The number of hydrogen-bond acceptors (Lipinski definition) is 1. The summed E-state index contributed by atoms with van der Waals surface area (Å²) in [6, 6.07) is 9.20. The van der Waals surface area contributed by atoms with Crippen molar-refractivity contribution in [3.63, 3.8) is 0 Å². The van der Waals surface area contributed by atoms with Gasteiger partial charge in [0.25, 0.3) is 0 Å². The zero-order chi connectivity index (χ0) is 13.2. The van der Waals surface area contributed by atoms with Crippen LogP contribution >= 0.6 is 0 Å². The van der Waals surface area contributed by atoms with E-state index >= 15 is 0 Å². The average Bonchev–Trinajstić information content (AvgIpc) is 2.31. The minimum Gasteiger partial charge on any atom is -0.306 e. The number of rotatable bonds is 2. The van der Waals surface area contributed by atoms with E-state index < -0.39 is 0 Å². The molecular formula is C17H27N. The Labute approximate surface area is 112 Å². The zero-order valence-corrected chi connectivity index (χ0v) is 12.4. The van der Waals surface area contributed by atoms with Gasteiger partial charge < -0.3 is 4.90 Å². The van der Waals surface area contributed by atoms with Crippen molar-refractivity contribution in [2.24, 2.45) is 5.92 Å². The van der Waals surface area contributed by atoms with E-state index in [1.165, 1.54) is 43.5 Å². The molecule has 0 spiro atoms. The molecule has 1 nitrogen and oxygen atoms in total. The Balaban J connectivity index is 2.01. The van der Waals surface area contributed by atoms with Crippen molar-refractivity contribution in [1.82, 2.24) is 4.90 Å². The van der Waals surface area contributed by atoms with Crippen LogP contribution in [0.25, 0.3) is 0 Å². The third-order valence-corrected chi connectivity index (χ3v) is 4.16. The molecule has 18 heavy (non-hydrogen) atoms. The van der Waals surface area contributed by atoms with E-state index in [-0.39, 0.29) is 5.41 Å². The van der Waals surface area contributed by atoms with Crippen LogP contribution in [0.5, 0.6) is 0 Å². The summed E-state index contributed by atoms with van der Waals surface area (Å²) in [5, 5.41) is 0. The molecule has 0 aliphatic carbocycles. The van der Waals surface area contributed by atoms with Gasteiger partial charge in [0.15, 0.2) is 0 Å². The topological polar surface area (TPSA) is 3.24 Å². The maximum atomic E-state index is 2.45. The van der Waals surface area contributed by atoms with E-state index in [1.54, 1.807) is 0 Å². The molecular weight excluding hydrogens is 218 g/mol. The van der Waals surface area contributed by atoms with Gasteiger partial charge in [-0.15, -0.1) is 0 Å². The first-order chi connectivity index (χ1) is 8.45. The second-order valence-electron chi connectivity index (χ2n) is 6.90. The van der Waals surface area contributed by atoms with E-state index in [4.69, 9.17) is 0 Å². The third-order valence-electron chi connectivity index (χ3n) is 4.16. The molecule has 1 aliphatic heterocycles. The minimum atomic E-state index is 0.267. The zero-order valence-electron chi connectivity index (χ0n) is 12.4. The lowest BCUT2D eigenvalue weighted by molar-refractivity contribution is 0.219. The fourth-order valence-corrected chi connectivity index (χ4v) is 2.76. The van der Waals surface area contributed by atoms with Gasteiger partial charge in [-0.05, 0) is 61.9 Å². The highest BCUT2D eigenvalue weighted by molar-refractivity contribution is 5.28. The molecule has 1 heterocycles. The fraction of sp³-hybridized carbons (Fsp3) is 0.647. The summed E-state index contributed by atoms with van der Waals surface area (Å²) < 4.78 is 0. The Kier molecular flexibility index (Phi) is 4.11.